The van der Waals surface area contributed by atoms with Crippen molar-refractivity contribution in [1.29, 1.82) is 0 Å². The van der Waals surface area contributed by atoms with E-state index in [9.17, 15) is 0 Å². The lowest BCUT2D eigenvalue weighted by molar-refractivity contribution is 0.660. The van der Waals surface area contributed by atoms with Crippen molar-refractivity contribution in [3.63, 3.8) is 0 Å². The molecule has 12 rings (SSSR count). The largest absolute Gasteiger partial charge is 0.309 e. The molecule has 3 aromatic heterocycles. The Kier molecular flexibility index (Phi) is 6.94. The molecule has 0 saturated heterocycles. The van der Waals surface area contributed by atoms with E-state index in [1.54, 1.807) is 0 Å². The van der Waals surface area contributed by atoms with Crippen LogP contribution in [0, 0.1) is 0 Å². The van der Waals surface area contributed by atoms with Gasteiger partial charge in [0.05, 0.1) is 33.5 Å². The standard InChI is InChI=1S/C54H38N4/c1-54(2)45-24-14-12-22-41(45)42-29-26-38(33-46(42)54)51-52(35-16-6-3-7-17-35)58-50-34-37(28-31-49(50)57(53(58)55-51)40-20-10-5-11-21-40)36-27-30-48-44(32-36)43-23-13-15-25-47(43)56(48)39-18-8-4-9-19-39/h3-34H,1-2H3. The second-order valence-corrected chi connectivity index (χ2v) is 16.0. The predicted octanol–water partition coefficient (Wildman–Crippen LogP) is 13.7. The number of fused-ring (bicyclic) bond motifs is 9. The average molecular weight is 743 g/mol. The highest BCUT2D eigenvalue weighted by Gasteiger charge is 2.36. The minimum absolute atomic E-state index is 0.122. The summed E-state index contributed by atoms with van der Waals surface area (Å²) in [5.41, 5.74) is 18.7. The van der Waals surface area contributed by atoms with Crippen molar-refractivity contribution in [2.75, 3.05) is 0 Å². The van der Waals surface area contributed by atoms with Gasteiger partial charge in [0.1, 0.15) is 0 Å². The van der Waals surface area contributed by atoms with Crippen LogP contribution < -0.4 is 0 Å². The third kappa shape index (κ3) is 4.66. The van der Waals surface area contributed by atoms with Crippen LogP contribution >= 0.6 is 0 Å². The monoisotopic (exact) mass is 742 g/mol. The molecular weight excluding hydrogens is 705 g/mol. The molecule has 0 radical (unpaired) electrons. The van der Waals surface area contributed by atoms with Gasteiger partial charge in [0.25, 0.3) is 0 Å². The molecule has 0 spiro atoms. The van der Waals surface area contributed by atoms with Crippen molar-refractivity contribution in [1.82, 2.24) is 18.5 Å². The second kappa shape index (κ2) is 12.3. The van der Waals surface area contributed by atoms with E-state index in [0.717, 1.165) is 56.3 Å². The molecule has 4 heteroatoms. The Morgan fingerprint density at radius 2 is 0.983 bits per heavy atom. The van der Waals surface area contributed by atoms with Gasteiger partial charge < -0.3 is 4.57 Å². The number of nitrogens with zero attached hydrogens (tertiary/aromatic N) is 4. The zero-order chi connectivity index (χ0) is 38.5. The van der Waals surface area contributed by atoms with Crippen LogP contribution in [-0.2, 0) is 5.41 Å². The SMILES string of the molecule is CC1(C)c2ccccc2-c2ccc(-c3nc4n(-c5ccccc5)c5ccc(-c6ccc7c(c6)c6ccccc6n7-c6ccccc6)cc5n4c3-c3ccccc3)cc21. The van der Waals surface area contributed by atoms with Gasteiger partial charge in [-0.05, 0) is 94.0 Å². The van der Waals surface area contributed by atoms with Crippen molar-refractivity contribution in [3.05, 3.63) is 205 Å². The molecule has 4 nitrogen and oxygen atoms in total. The average Bonchev–Trinajstić information content (AvgIpc) is 3.99. The maximum absolute atomic E-state index is 5.63. The molecule has 0 atom stereocenters. The highest BCUT2D eigenvalue weighted by atomic mass is 15.2. The summed E-state index contributed by atoms with van der Waals surface area (Å²) in [5, 5.41) is 2.48. The van der Waals surface area contributed by atoms with Gasteiger partial charge in [-0.2, -0.15) is 0 Å². The number of hydrogen-bond acceptors (Lipinski definition) is 1. The maximum Gasteiger partial charge on any atom is 0.220 e. The molecule has 274 valence electrons. The van der Waals surface area contributed by atoms with Crippen LogP contribution in [0.5, 0.6) is 0 Å². The van der Waals surface area contributed by atoms with Crippen LogP contribution in [0.3, 0.4) is 0 Å². The molecule has 11 aromatic rings. The fraction of sp³-hybridized carbons (Fsp3) is 0.0556. The summed E-state index contributed by atoms with van der Waals surface area (Å²) in [7, 11) is 0. The van der Waals surface area contributed by atoms with Gasteiger partial charge in [0.2, 0.25) is 5.78 Å². The Bertz CT molecular complexity index is 3400. The molecule has 0 amide bonds. The summed E-state index contributed by atoms with van der Waals surface area (Å²) >= 11 is 0. The van der Waals surface area contributed by atoms with E-state index in [4.69, 9.17) is 4.98 Å². The molecule has 8 aromatic carbocycles. The van der Waals surface area contributed by atoms with Crippen LogP contribution in [0.1, 0.15) is 25.0 Å². The summed E-state index contributed by atoms with van der Waals surface area (Å²) in [4.78, 5) is 5.63. The van der Waals surface area contributed by atoms with Crippen LogP contribution in [-0.4, -0.2) is 18.5 Å². The van der Waals surface area contributed by atoms with E-state index < -0.39 is 0 Å². The Hall–Kier alpha value is -7.43. The fourth-order valence-corrected chi connectivity index (χ4v) is 9.72. The minimum atomic E-state index is -0.122. The highest BCUT2D eigenvalue weighted by molar-refractivity contribution is 6.10. The molecule has 0 aliphatic heterocycles. The first-order valence-electron chi connectivity index (χ1n) is 20.1. The number of hydrogen-bond donors (Lipinski definition) is 0. The van der Waals surface area contributed by atoms with Gasteiger partial charge in [-0.25, -0.2) is 4.98 Å². The molecule has 0 fully saturated rings. The fourth-order valence-electron chi connectivity index (χ4n) is 9.72. The Balaban J connectivity index is 1.12. The summed E-state index contributed by atoms with van der Waals surface area (Å²) in [5.74, 6) is 0.886. The molecule has 3 heterocycles. The molecule has 0 N–H and O–H groups in total. The van der Waals surface area contributed by atoms with Crippen molar-refractivity contribution >= 4 is 38.6 Å². The Morgan fingerprint density at radius 3 is 1.76 bits per heavy atom. The number of aromatic nitrogens is 4. The van der Waals surface area contributed by atoms with Crippen LogP contribution in [0.2, 0.25) is 0 Å². The van der Waals surface area contributed by atoms with E-state index >= 15 is 0 Å². The minimum Gasteiger partial charge on any atom is -0.309 e. The maximum atomic E-state index is 5.63. The molecular formula is C54H38N4. The summed E-state index contributed by atoms with van der Waals surface area (Å²) in [6, 6.07) is 70.4. The smallest absolute Gasteiger partial charge is 0.220 e. The van der Waals surface area contributed by atoms with Gasteiger partial charge in [0.15, 0.2) is 0 Å². The first-order valence-corrected chi connectivity index (χ1v) is 20.1. The lowest BCUT2D eigenvalue weighted by atomic mass is 9.82. The molecule has 0 unspecified atom stereocenters. The normalized spacial score (nSPS) is 13.1. The first kappa shape index (κ1) is 32.8. The van der Waals surface area contributed by atoms with Gasteiger partial charge in [-0.1, -0.05) is 147 Å². The zero-order valence-corrected chi connectivity index (χ0v) is 32.3. The summed E-state index contributed by atoms with van der Waals surface area (Å²) < 4.78 is 7.08. The van der Waals surface area contributed by atoms with Gasteiger partial charge >= 0.3 is 0 Å². The summed E-state index contributed by atoms with van der Waals surface area (Å²) in [6.07, 6.45) is 0. The van der Waals surface area contributed by atoms with Crippen molar-refractivity contribution in [2.45, 2.75) is 19.3 Å². The van der Waals surface area contributed by atoms with Crippen LogP contribution in [0.4, 0.5) is 0 Å². The summed E-state index contributed by atoms with van der Waals surface area (Å²) in [6.45, 7) is 4.69. The third-order valence-corrected chi connectivity index (χ3v) is 12.5. The molecule has 0 saturated carbocycles. The molecule has 58 heavy (non-hydrogen) atoms. The van der Waals surface area contributed by atoms with Crippen molar-refractivity contribution in [3.8, 4) is 56.1 Å². The van der Waals surface area contributed by atoms with E-state index in [0.29, 0.717) is 0 Å². The third-order valence-electron chi connectivity index (χ3n) is 12.5. The van der Waals surface area contributed by atoms with E-state index in [2.05, 4.69) is 222 Å². The number of rotatable bonds is 5. The van der Waals surface area contributed by atoms with E-state index in [1.807, 2.05) is 0 Å². The lowest BCUT2D eigenvalue weighted by Gasteiger charge is -2.21. The number of benzene rings is 8. The Labute approximate surface area is 336 Å². The predicted molar refractivity (Wildman–Crippen MR) is 240 cm³/mol. The van der Waals surface area contributed by atoms with E-state index in [-0.39, 0.29) is 5.41 Å². The molecule has 1 aliphatic carbocycles. The van der Waals surface area contributed by atoms with Gasteiger partial charge in [-0.15, -0.1) is 0 Å². The van der Waals surface area contributed by atoms with Crippen molar-refractivity contribution in [2.24, 2.45) is 0 Å². The topological polar surface area (TPSA) is 27.2 Å². The second-order valence-electron chi connectivity index (χ2n) is 16.0. The number of para-hydroxylation sites is 3. The lowest BCUT2D eigenvalue weighted by Crippen LogP contribution is -2.14. The van der Waals surface area contributed by atoms with Gasteiger partial charge in [0, 0.05) is 38.7 Å². The van der Waals surface area contributed by atoms with Gasteiger partial charge in [-0.3, -0.25) is 8.97 Å². The molecule has 1 aliphatic rings. The number of imidazole rings is 2. The van der Waals surface area contributed by atoms with Crippen LogP contribution in [0.25, 0.3) is 94.8 Å². The van der Waals surface area contributed by atoms with E-state index in [1.165, 1.54) is 49.6 Å². The first-order chi connectivity index (χ1) is 28.5. The quantitative estimate of drug-likeness (QED) is 0.172. The van der Waals surface area contributed by atoms with Crippen LogP contribution in [0.15, 0.2) is 194 Å². The van der Waals surface area contributed by atoms with Crippen molar-refractivity contribution < 1.29 is 0 Å². The molecule has 0 bridgehead atoms. The highest BCUT2D eigenvalue weighted by Crippen LogP contribution is 2.50. The Morgan fingerprint density at radius 1 is 0.397 bits per heavy atom. The zero-order valence-electron chi connectivity index (χ0n) is 32.3.